The fourth-order valence-electron chi connectivity index (χ4n) is 1.16. The van der Waals surface area contributed by atoms with Crippen molar-refractivity contribution in [3.05, 3.63) is 24.2 Å². The Kier molecular flexibility index (Phi) is 2.29. The van der Waals surface area contributed by atoms with E-state index in [1.165, 1.54) is 0 Å². The first-order valence-electron chi connectivity index (χ1n) is 4.27. The predicted octanol–water partition coefficient (Wildman–Crippen LogP) is 0.211. The zero-order chi connectivity index (χ0) is 10.7. The first-order valence-corrected chi connectivity index (χ1v) is 4.27. The first kappa shape index (κ1) is 9.15. The molecule has 2 aromatic rings. The molecule has 0 fully saturated rings. The molecule has 0 aromatic carbocycles. The van der Waals surface area contributed by atoms with Crippen LogP contribution in [0.1, 0.15) is 10.6 Å². The Morgan fingerprint density at radius 1 is 1.67 bits per heavy atom. The van der Waals surface area contributed by atoms with Crippen LogP contribution in [-0.2, 0) is 0 Å². The van der Waals surface area contributed by atoms with E-state index in [1.807, 2.05) is 6.07 Å². The number of carbonyl (C=O) groups excluding carboxylic acids is 1. The molecule has 74 valence electrons. The molecule has 6 nitrogen and oxygen atoms in total. The summed E-state index contributed by atoms with van der Waals surface area (Å²) in [4.78, 5) is 22.2. The number of nitriles is 1. The van der Waals surface area contributed by atoms with Crippen LogP contribution < -0.4 is 5.32 Å². The van der Waals surface area contributed by atoms with Crippen molar-refractivity contribution in [1.29, 1.82) is 5.26 Å². The van der Waals surface area contributed by atoms with Crippen LogP contribution in [0.15, 0.2) is 18.3 Å². The standard InChI is InChI=1S/C9H7N5O/c10-3-5-12-9(15)8-13-6-2-1-4-11-7(6)14-8/h1-2,4H,5H2,(H,12,15)(H,11,13,14). The second-order valence-electron chi connectivity index (χ2n) is 2.80. The molecule has 0 aliphatic rings. The molecule has 2 heterocycles. The van der Waals surface area contributed by atoms with Gasteiger partial charge in [0.05, 0.1) is 11.6 Å². The van der Waals surface area contributed by atoms with Crippen molar-refractivity contribution in [1.82, 2.24) is 20.3 Å². The van der Waals surface area contributed by atoms with E-state index in [2.05, 4.69) is 20.3 Å². The molecule has 0 bridgehead atoms. The average Bonchev–Trinajstić information content (AvgIpc) is 2.69. The second-order valence-corrected chi connectivity index (χ2v) is 2.80. The molecule has 1 amide bonds. The van der Waals surface area contributed by atoms with Gasteiger partial charge >= 0.3 is 0 Å². The van der Waals surface area contributed by atoms with Gasteiger partial charge in [-0.15, -0.1) is 0 Å². The highest BCUT2D eigenvalue weighted by atomic mass is 16.2. The normalized spacial score (nSPS) is 9.80. The summed E-state index contributed by atoms with van der Waals surface area (Å²) >= 11 is 0. The van der Waals surface area contributed by atoms with E-state index in [9.17, 15) is 4.79 Å². The van der Waals surface area contributed by atoms with Crippen molar-refractivity contribution in [2.45, 2.75) is 0 Å². The first-order chi connectivity index (χ1) is 7.31. The maximum atomic E-state index is 11.4. The SMILES string of the molecule is N#CCNC(=O)c1nc2ncccc2[nH]1. The Labute approximate surface area is 85.0 Å². The molecule has 0 saturated heterocycles. The third-order valence-electron chi connectivity index (χ3n) is 1.80. The number of H-pyrrole nitrogens is 1. The number of amides is 1. The van der Waals surface area contributed by atoms with E-state index in [0.717, 1.165) is 0 Å². The minimum Gasteiger partial charge on any atom is -0.336 e. The minimum absolute atomic E-state index is 0.0384. The van der Waals surface area contributed by atoms with E-state index in [1.54, 1.807) is 18.3 Å². The summed E-state index contributed by atoms with van der Waals surface area (Å²) in [6, 6.07) is 5.33. The topological polar surface area (TPSA) is 94.5 Å². The van der Waals surface area contributed by atoms with E-state index >= 15 is 0 Å². The number of carbonyl (C=O) groups is 1. The van der Waals surface area contributed by atoms with E-state index < -0.39 is 5.91 Å². The number of aromatic amines is 1. The summed E-state index contributed by atoms with van der Waals surface area (Å²) in [6.45, 7) is -0.0384. The van der Waals surface area contributed by atoms with Gasteiger partial charge in [-0.25, -0.2) is 9.97 Å². The highest BCUT2D eigenvalue weighted by Gasteiger charge is 2.10. The van der Waals surface area contributed by atoms with Gasteiger partial charge in [0.15, 0.2) is 11.5 Å². The Bertz CT molecular complexity index is 506. The second kappa shape index (κ2) is 3.75. The zero-order valence-corrected chi connectivity index (χ0v) is 7.69. The number of nitrogens with zero attached hydrogens (tertiary/aromatic N) is 3. The molecule has 2 rings (SSSR count). The monoisotopic (exact) mass is 201 g/mol. The van der Waals surface area contributed by atoms with Crippen LogP contribution in [0.3, 0.4) is 0 Å². The lowest BCUT2D eigenvalue weighted by atomic mass is 10.4. The van der Waals surface area contributed by atoms with Crippen molar-refractivity contribution in [3.8, 4) is 6.07 Å². The zero-order valence-electron chi connectivity index (χ0n) is 7.69. The van der Waals surface area contributed by atoms with Gasteiger partial charge in [0.25, 0.3) is 5.91 Å². The fraction of sp³-hybridized carbons (Fsp3) is 0.111. The molecular formula is C9H7N5O. The molecule has 0 aliphatic carbocycles. The maximum Gasteiger partial charge on any atom is 0.287 e. The lowest BCUT2D eigenvalue weighted by molar-refractivity contribution is 0.0949. The number of nitrogens with one attached hydrogen (secondary N) is 2. The molecular weight excluding hydrogens is 194 g/mol. The summed E-state index contributed by atoms with van der Waals surface area (Å²) in [5, 5.41) is 10.7. The van der Waals surface area contributed by atoms with Crippen molar-refractivity contribution < 1.29 is 4.79 Å². The van der Waals surface area contributed by atoms with Gasteiger partial charge in [-0.3, -0.25) is 4.79 Å². The largest absolute Gasteiger partial charge is 0.336 e. The van der Waals surface area contributed by atoms with Crippen LogP contribution in [0.5, 0.6) is 0 Å². The van der Waals surface area contributed by atoms with E-state index in [0.29, 0.717) is 11.2 Å². The number of pyridine rings is 1. The number of hydrogen-bond acceptors (Lipinski definition) is 4. The van der Waals surface area contributed by atoms with Gasteiger partial charge < -0.3 is 10.3 Å². The van der Waals surface area contributed by atoms with Crippen molar-refractivity contribution >= 4 is 17.1 Å². The van der Waals surface area contributed by atoms with Crippen LogP contribution in [0.4, 0.5) is 0 Å². The maximum absolute atomic E-state index is 11.4. The van der Waals surface area contributed by atoms with Crippen LogP contribution in [-0.4, -0.2) is 27.4 Å². The molecule has 2 aromatic heterocycles. The molecule has 2 N–H and O–H groups in total. The molecule has 0 spiro atoms. The molecule has 15 heavy (non-hydrogen) atoms. The molecule has 0 atom stereocenters. The Hall–Kier alpha value is -2.42. The van der Waals surface area contributed by atoms with Crippen LogP contribution >= 0.6 is 0 Å². The average molecular weight is 201 g/mol. The van der Waals surface area contributed by atoms with Gasteiger partial charge in [0.2, 0.25) is 0 Å². The minimum atomic E-state index is -0.408. The van der Waals surface area contributed by atoms with E-state index in [-0.39, 0.29) is 12.4 Å². The summed E-state index contributed by atoms with van der Waals surface area (Å²) in [6.07, 6.45) is 1.60. The predicted molar refractivity (Wildman–Crippen MR) is 51.8 cm³/mol. The van der Waals surface area contributed by atoms with Gasteiger partial charge in [0, 0.05) is 6.20 Å². The summed E-state index contributed by atoms with van der Waals surface area (Å²) < 4.78 is 0. The quantitative estimate of drug-likeness (QED) is 0.679. The molecule has 6 heteroatoms. The van der Waals surface area contributed by atoms with Crippen molar-refractivity contribution in [3.63, 3.8) is 0 Å². The number of rotatable bonds is 2. The van der Waals surface area contributed by atoms with Gasteiger partial charge in [-0.05, 0) is 12.1 Å². The molecule has 0 aliphatic heterocycles. The van der Waals surface area contributed by atoms with E-state index in [4.69, 9.17) is 5.26 Å². The van der Waals surface area contributed by atoms with Crippen molar-refractivity contribution in [2.75, 3.05) is 6.54 Å². The van der Waals surface area contributed by atoms with Gasteiger partial charge in [-0.1, -0.05) is 0 Å². The highest BCUT2D eigenvalue weighted by molar-refractivity contribution is 5.93. The van der Waals surface area contributed by atoms with Crippen LogP contribution in [0, 0.1) is 11.3 Å². The number of aromatic nitrogens is 3. The van der Waals surface area contributed by atoms with Crippen LogP contribution in [0.2, 0.25) is 0 Å². The third-order valence-corrected chi connectivity index (χ3v) is 1.80. The summed E-state index contributed by atoms with van der Waals surface area (Å²) in [5.41, 5.74) is 1.18. The summed E-state index contributed by atoms with van der Waals surface area (Å²) in [7, 11) is 0. The third kappa shape index (κ3) is 1.76. The Morgan fingerprint density at radius 3 is 3.27 bits per heavy atom. The smallest absolute Gasteiger partial charge is 0.287 e. The Balaban J connectivity index is 2.29. The lowest BCUT2D eigenvalue weighted by Gasteiger charge is -1.94. The Morgan fingerprint density at radius 2 is 2.53 bits per heavy atom. The van der Waals surface area contributed by atoms with Crippen LogP contribution in [0.25, 0.3) is 11.2 Å². The summed E-state index contributed by atoms with van der Waals surface area (Å²) in [5.74, 6) is -0.242. The molecule has 0 unspecified atom stereocenters. The fourth-order valence-corrected chi connectivity index (χ4v) is 1.16. The highest BCUT2D eigenvalue weighted by Crippen LogP contribution is 2.06. The van der Waals surface area contributed by atoms with Crippen molar-refractivity contribution in [2.24, 2.45) is 0 Å². The number of fused-ring (bicyclic) bond motifs is 1. The van der Waals surface area contributed by atoms with Gasteiger partial charge in [0.1, 0.15) is 6.54 Å². The number of hydrogen-bond donors (Lipinski definition) is 2. The number of imidazole rings is 1. The molecule has 0 radical (unpaired) electrons. The molecule has 0 saturated carbocycles. The lowest BCUT2D eigenvalue weighted by Crippen LogP contribution is -2.24. The van der Waals surface area contributed by atoms with Gasteiger partial charge in [-0.2, -0.15) is 5.26 Å².